The molecule has 12 heavy (non-hydrogen) atoms. The van der Waals surface area contributed by atoms with Gasteiger partial charge in [-0.2, -0.15) is 11.8 Å². The molecular formula is C9H17NOS. The van der Waals surface area contributed by atoms with Gasteiger partial charge in [0, 0.05) is 11.0 Å². The Morgan fingerprint density at radius 3 is 2.58 bits per heavy atom. The Hall–Kier alpha value is 0.270. The van der Waals surface area contributed by atoms with Gasteiger partial charge in [0.1, 0.15) is 0 Å². The average Bonchev–Trinajstić information content (AvgIpc) is 2.85. The van der Waals surface area contributed by atoms with Crippen molar-refractivity contribution in [3.05, 3.63) is 0 Å². The van der Waals surface area contributed by atoms with E-state index in [-0.39, 0.29) is 5.60 Å². The van der Waals surface area contributed by atoms with Crippen molar-refractivity contribution >= 4 is 11.8 Å². The van der Waals surface area contributed by atoms with Crippen molar-refractivity contribution in [1.82, 2.24) is 5.32 Å². The predicted octanol–water partition coefficient (Wildman–Crippen LogP) is 0.996. The molecule has 2 N–H and O–H groups in total. The fraction of sp³-hybridized carbons (Fsp3) is 1.00. The van der Waals surface area contributed by atoms with Crippen LogP contribution in [0.3, 0.4) is 0 Å². The first-order valence-corrected chi connectivity index (χ1v) is 5.88. The van der Waals surface area contributed by atoms with Crippen LogP contribution >= 0.6 is 11.8 Å². The van der Waals surface area contributed by atoms with Crippen molar-refractivity contribution in [1.29, 1.82) is 0 Å². The lowest BCUT2D eigenvalue weighted by Gasteiger charge is -2.32. The van der Waals surface area contributed by atoms with E-state index < -0.39 is 0 Å². The van der Waals surface area contributed by atoms with Gasteiger partial charge in [-0.1, -0.05) is 0 Å². The van der Waals surface area contributed by atoms with E-state index in [9.17, 15) is 5.11 Å². The van der Waals surface area contributed by atoms with E-state index >= 15 is 0 Å². The molecule has 1 heterocycles. The molecule has 70 valence electrons. The highest BCUT2D eigenvalue weighted by molar-refractivity contribution is 8.00. The summed E-state index contributed by atoms with van der Waals surface area (Å²) in [4.78, 5) is 0. The maximum atomic E-state index is 10.1. The molecule has 0 unspecified atom stereocenters. The Kier molecular flexibility index (Phi) is 2.63. The molecule has 2 aliphatic rings. The van der Waals surface area contributed by atoms with Crippen LogP contribution in [0.25, 0.3) is 0 Å². The first kappa shape index (κ1) is 8.85. The van der Waals surface area contributed by atoms with Gasteiger partial charge in [0.2, 0.25) is 0 Å². The fourth-order valence-corrected chi connectivity index (χ4v) is 2.85. The Morgan fingerprint density at radius 2 is 2.00 bits per heavy atom. The highest BCUT2D eigenvalue weighted by Gasteiger charge is 2.32. The lowest BCUT2D eigenvalue weighted by atomic mass is 9.95. The van der Waals surface area contributed by atoms with Crippen LogP contribution in [0.1, 0.15) is 25.7 Å². The summed E-state index contributed by atoms with van der Waals surface area (Å²) in [6, 6.07) is 0. The highest BCUT2D eigenvalue weighted by Crippen LogP contribution is 2.37. The van der Waals surface area contributed by atoms with Crippen LogP contribution < -0.4 is 5.32 Å². The number of hydrogen-bond acceptors (Lipinski definition) is 3. The van der Waals surface area contributed by atoms with Crippen molar-refractivity contribution in [2.24, 2.45) is 0 Å². The summed E-state index contributed by atoms with van der Waals surface area (Å²) in [5, 5.41) is 14.2. The molecular weight excluding hydrogens is 170 g/mol. The monoisotopic (exact) mass is 187 g/mol. The van der Waals surface area contributed by atoms with E-state index in [1.807, 2.05) is 11.8 Å². The second-order valence-corrected chi connectivity index (χ2v) is 5.27. The van der Waals surface area contributed by atoms with Crippen LogP contribution in [0, 0.1) is 0 Å². The molecule has 0 bridgehead atoms. The maximum Gasteiger partial charge on any atom is 0.0762 e. The van der Waals surface area contributed by atoms with E-state index in [4.69, 9.17) is 0 Å². The van der Waals surface area contributed by atoms with Crippen molar-refractivity contribution in [3.63, 3.8) is 0 Å². The lowest BCUT2D eigenvalue weighted by molar-refractivity contribution is 0.0339. The summed E-state index contributed by atoms with van der Waals surface area (Å²) in [6.07, 6.45) is 4.62. The quantitative estimate of drug-likeness (QED) is 0.691. The molecule has 1 aliphatic heterocycles. The standard InChI is InChI=1S/C9H17NOS/c11-9(3-5-10-6-4-9)7-12-8-1-2-8/h8,10-11H,1-7H2. The minimum Gasteiger partial charge on any atom is -0.389 e. The van der Waals surface area contributed by atoms with Gasteiger partial charge in [0.25, 0.3) is 0 Å². The molecule has 0 atom stereocenters. The zero-order chi connectivity index (χ0) is 8.44. The van der Waals surface area contributed by atoms with Crippen LogP contribution in [-0.4, -0.2) is 34.8 Å². The molecule has 0 aromatic heterocycles. The lowest BCUT2D eigenvalue weighted by Crippen LogP contribution is -2.43. The number of thioether (sulfide) groups is 1. The first-order chi connectivity index (χ1) is 5.79. The number of hydrogen-bond donors (Lipinski definition) is 2. The van der Waals surface area contributed by atoms with Crippen molar-refractivity contribution in [2.45, 2.75) is 36.5 Å². The van der Waals surface area contributed by atoms with Gasteiger partial charge in [-0.05, 0) is 38.8 Å². The summed E-state index contributed by atoms with van der Waals surface area (Å²) in [5.74, 6) is 0.958. The molecule has 2 rings (SSSR count). The molecule has 0 aromatic carbocycles. The number of aliphatic hydroxyl groups is 1. The Balaban J connectivity index is 1.73. The van der Waals surface area contributed by atoms with Crippen LogP contribution in [0.2, 0.25) is 0 Å². The smallest absolute Gasteiger partial charge is 0.0762 e. The number of piperidine rings is 1. The summed E-state index contributed by atoms with van der Waals surface area (Å²) >= 11 is 1.97. The van der Waals surface area contributed by atoms with Gasteiger partial charge in [-0.3, -0.25) is 0 Å². The van der Waals surface area contributed by atoms with Crippen molar-refractivity contribution in [2.75, 3.05) is 18.8 Å². The minimum absolute atomic E-state index is 0.349. The van der Waals surface area contributed by atoms with Gasteiger partial charge in [-0.25, -0.2) is 0 Å². The second-order valence-electron chi connectivity index (χ2n) is 3.98. The highest BCUT2D eigenvalue weighted by atomic mass is 32.2. The normalized spacial score (nSPS) is 28.8. The summed E-state index contributed by atoms with van der Waals surface area (Å²) in [7, 11) is 0. The third-order valence-corrected chi connectivity index (χ3v) is 4.29. The van der Waals surface area contributed by atoms with E-state index in [1.165, 1.54) is 12.8 Å². The average molecular weight is 187 g/mol. The second kappa shape index (κ2) is 3.56. The van der Waals surface area contributed by atoms with Crippen LogP contribution in [0.15, 0.2) is 0 Å². The Morgan fingerprint density at radius 1 is 1.33 bits per heavy atom. The van der Waals surface area contributed by atoms with Crippen molar-refractivity contribution in [3.8, 4) is 0 Å². The number of rotatable bonds is 3. The molecule has 0 aromatic rings. The summed E-state index contributed by atoms with van der Waals surface area (Å²) < 4.78 is 0. The molecule has 1 saturated heterocycles. The SMILES string of the molecule is OC1(CSC2CC2)CCNCC1. The molecule has 2 fully saturated rings. The van der Waals surface area contributed by atoms with Crippen LogP contribution in [0.5, 0.6) is 0 Å². The largest absolute Gasteiger partial charge is 0.389 e. The van der Waals surface area contributed by atoms with Gasteiger partial charge < -0.3 is 10.4 Å². The topological polar surface area (TPSA) is 32.3 Å². The molecule has 1 saturated carbocycles. The van der Waals surface area contributed by atoms with E-state index in [0.29, 0.717) is 0 Å². The molecule has 0 amide bonds. The Labute approximate surface area is 78.1 Å². The van der Waals surface area contributed by atoms with Gasteiger partial charge >= 0.3 is 0 Å². The molecule has 0 spiro atoms. The zero-order valence-corrected chi connectivity index (χ0v) is 8.20. The molecule has 0 radical (unpaired) electrons. The van der Waals surface area contributed by atoms with Crippen molar-refractivity contribution < 1.29 is 5.11 Å². The molecule has 2 nitrogen and oxygen atoms in total. The minimum atomic E-state index is -0.349. The number of nitrogens with one attached hydrogen (secondary N) is 1. The third kappa shape index (κ3) is 2.38. The molecule has 1 aliphatic carbocycles. The third-order valence-electron chi connectivity index (χ3n) is 2.65. The van der Waals surface area contributed by atoms with Crippen LogP contribution in [0.4, 0.5) is 0 Å². The van der Waals surface area contributed by atoms with Gasteiger partial charge in [0.05, 0.1) is 5.60 Å². The maximum absolute atomic E-state index is 10.1. The molecule has 3 heteroatoms. The first-order valence-electron chi connectivity index (χ1n) is 4.83. The summed E-state index contributed by atoms with van der Waals surface area (Å²) in [5.41, 5.74) is -0.349. The Bertz CT molecular complexity index is 153. The zero-order valence-electron chi connectivity index (χ0n) is 7.38. The van der Waals surface area contributed by atoms with E-state index in [1.54, 1.807) is 0 Å². The van der Waals surface area contributed by atoms with E-state index in [2.05, 4.69) is 5.32 Å². The fourth-order valence-electron chi connectivity index (χ4n) is 1.54. The van der Waals surface area contributed by atoms with Gasteiger partial charge in [0.15, 0.2) is 0 Å². The summed E-state index contributed by atoms with van der Waals surface area (Å²) in [6.45, 7) is 1.98. The predicted molar refractivity (Wildman–Crippen MR) is 52.5 cm³/mol. The van der Waals surface area contributed by atoms with E-state index in [0.717, 1.165) is 36.9 Å². The van der Waals surface area contributed by atoms with Gasteiger partial charge in [-0.15, -0.1) is 0 Å². The van der Waals surface area contributed by atoms with Crippen LogP contribution in [-0.2, 0) is 0 Å².